The minimum atomic E-state index is -0.306. The molecule has 0 aliphatic heterocycles. The Labute approximate surface area is 111 Å². The molecule has 4 bridgehead atoms. The average molecular weight is 260 g/mol. The lowest BCUT2D eigenvalue weighted by Crippen LogP contribution is -2.35. The zero-order chi connectivity index (χ0) is 13.3. The zero-order valence-corrected chi connectivity index (χ0v) is 10.7. The van der Waals surface area contributed by atoms with E-state index in [9.17, 15) is 14.4 Å². The zero-order valence-electron chi connectivity index (χ0n) is 10.7. The molecule has 0 saturated heterocycles. The van der Waals surface area contributed by atoms with E-state index in [1.807, 2.05) is 12.2 Å². The van der Waals surface area contributed by atoms with Crippen LogP contribution in [0.4, 0.5) is 0 Å². The molecule has 4 aliphatic carbocycles. The van der Waals surface area contributed by atoms with E-state index in [-0.39, 0.29) is 59.0 Å². The van der Waals surface area contributed by atoms with Crippen LogP contribution in [0.15, 0.2) is 12.2 Å². The van der Waals surface area contributed by atoms with E-state index >= 15 is 0 Å². The van der Waals surface area contributed by atoms with Crippen LogP contribution in [-0.4, -0.2) is 24.1 Å². The van der Waals surface area contributed by atoms with E-state index in [0.29, 0.717) is 13.0 Å². The summed E-state index contributed by atoms with van der Waals surface area (Å²) in [6, 6.07) is 0. The smallest absolute Gasteiger partial charge is 0.309 e. The van der Waals surface area contributed by atoms with Crippen LogP contribution in [-0.2, 0) is 19.1 Å². The third-order valence-electron chi connectivity index (χ3n) is 5.56. The van der Waals surface area contributed by atoms with Gasteiger partial charge in [0.05, 0.1) is 12.5 Å². The fourth-order valence-corrected chi connectivity index (χ4v) is 5.03. The van der Waals surface area contributed by atoms with Crippen LogP contribution in [0, 0.1) is 41.4 Å². The van der Waals surface area contributed by atoms with Crippen LogP contribution in [0.2, 0.25) is 0 Å². The van der Waals surface area contributed by atoms with Crippen molar-refractivity contribution in [2.75, 3.05) is 6.61 Å². The normalized spacial score (nSPS) is 49.0. The van der Waals surface area contributed by atoms with E-state index in [1.54, 1.807) is 6.92 Å². The van der Waals surface area contributed by atoms with Crippen molar-refractivity contribution in [3.05, 3.63) is 12.2 Å². The van der Waals surface area contributed by atoms with Crippen molar-refractivity contribution < 1.29 is 19.1 Å². The number of esters is 1. The molecule has 0 spiro atoms. The Kier molecular flexibility index (Phi) is 2.13. The van der Waals surface area contributed by atoms with Crippen LogP contribution in [0.3, 0.4) is 0 Å². The molecule has 100 valence electrons. The molecule has 19 heavy (non-hydrogen) atoms. The van der Waals surface area contributed by atoms with Gasteiger partial charge in [-0.3, -0.25) is 14.4 Å². The van der Waals surface area contributed by atoms with Gasteiger partial charge in [-0.15, -0.1) is 0 Å². The maximum atomic E-state index is 12.4. The summed E-state index contributed by atoms with van der Waals surface area (Å²) >= 11 is 0. The molecule has 0 amide bonds. The second-order valence-electron chi connectivity index (χ2n) is 6.12. The molecule has 4 heteroatoms. The second kappa shape index (κ2) is 3.56. The standard InChI is InChI=1S/C15H16O4/c1-2-19-15(18)9-5-8-10-6-3-4-7(13(6)16)11(10)12(9)14(8)17/h3-4,6-12H,2,5H2,1H3. The number of ketones is 2. The largest absolute Gasteiger partial charge is 0.466 e. The van der Waals surface area contributed by atoms with E-state index < -0.39 is 0 Å². The van der Waals surface area contributed by atoms with Crippen LogP contribution < -0.4 is 0 Å². The molecule has 0 aromatic rings. The number of carbonyl (C=O) groups is 3. The Balaban J connectivity index is 1.69. The Morgan fingerprint density at radius 2 is 1.89 bits per heavy atom. The van der Waals surface area contributed by atoms with E-state index in [2.05, 4.69) is 0 Å². The monoisotopic (exact) mass is 260 g/mol. The molecule has 4 nitrogen and oxygen atoms in total. The molecule has 7 unspecified atom stereocenters. The lowest BCUT2D eigenvalue weighted by molar-refractivity contribution is -0.152. The molecule has 0 radical (unpaired) electrons. The van der Waals surface area contributed by atoms with Crippen molar-refractivity contribution in [2.45, 2.75) is 13.3 Å². The molecule has 4 rings (SSSR count). The number of Topliss-reactive ketones (excluding diaryl/α,β-unsaturated/α-hetero) is 2. The summed E-state index contributed by atoms with van der Waals surface area (Å²) in [4.78, 5) is 36.5. The van der Waals surface area contributed by atoms with Gasteiger partial charge in [0.25, 0.3) is 0 Å². The summed E-state index contributed by atoms with van der Waals surface area (Å²) in [5, 5.41) is 0. The Hall–Kier alpha value is -1.45. The maximum absolute atomic E-state index is 12.4. The van der Waals surface area contributed by atoms with Gasteiger partial charge < -0.3 is 4.74 Å². The summed E-state index contributed by atoms with van der Waals surface area (Å²) in [5.74, 6) is -0.370. The number of hydrogen-bond acceptors (Lipinski definition) is 4. The first-order chi connectivity index (χ1) is 9.15. The van der Waals surface area contributed by atoms with Gasteiger partial charge in [0.1, 0.15) is 11.6 Å². The third kappa shape index (κ3) is 1.18. The van der Waals surface area contributed by atoms with Gasteiger partial charge in [-0.1, -0.05) is 12.2 Å². The average Bonchev–Trinajstić information content (AvgIpc) is 3.08. The SMILES string of the molecule is CCOC(=O)C1CC2C(=O)C1C1C3C=CC(C3=O)C21. The number of ether oxygens (including phenoxy) is 1. The first kappa shape index (κ1) is 11.4. The summed E-state index contributed by atoms with van der Waals surface area (Å²) < 4.78 is 5.09. The molecular formula is C15H16O4. The van der Waals surface area contributed by atoms with Gasteiger partial charge in [0.15, 0.2) is 0 Å². The quantitative estimate of drug-likeness (QED) is 0.422. The molecule has 3 saturated carbocycles. The highest BCUT2D eigenvalue weighted by molar-refractivity contribution is 6.01. The lowest BCUT2D eigenvalue weighted by Gasteiger charge is -2.32. The number of carbonyl (C=O) groups excluding carboxylic acids is 3. The molecular weight excluding hydrogens is 244 g/mol. The fraction of sp³-hybridized carbons (Fsp3) is 0.667. The number of rotatable bonds is 2. The van der Waals surface area contributed by atoms with Crippen LogP contribution in [0.25, 0.3) is 0 Å². The predicted octanol–water partition coefficient (Wildman–Crippen LogP) is 1.00. The van der Waals surface area contributed by atoms with E-state index in [0.717, 1.165) is 0 Å². The minimum Gasteiger partial charge on any atom is -0.466 e. The van der Waals surface area contributed by atoms with Gasteiger partial charge in [-0.2, -0.15) is 0 Å². The molecule has 3 fully saturated rings. The summed E-state index contributed by atoms with van der Waals surface area (Å²) in [5.41, 5.74) is 0. The highest BCUT2D eigenvalue weighted by Gasteiger charge is 2.69. The van der Waals surface area contributed by atoms with Gasteiger partial charge in [0, 0.05) is 23.7 Å². The molecule has 0 aromatic heterocycles. The highest BCUT2D eigenvalue weighted by atomic mass is 16.5. The number of hydrogen-bond donors (Lipinski definition) is 0. The molecule has 4 aliphatic rings. The molecule has 0 aromatic carbocycles. The number of allylic oxidation sites excluding steroid dienone is 2. The minimum absolute atomic E-state index is 0.0582. The van der Waals surface area contributed by atoms with Gasteiger partial charge >= 0.3 is 5.97 Å². The summed E-state index contributed by atoms with van der Waals surface area (Å²) in [7, 11) is 0. The van der Waals surface area contributed by atoms with Crippen molar-refractivity contribution in [3.8, 4) is 0 Å². The Morgan fingerprint density at radius 1 is 1.21 bits per heavy atom. The first-order valence-corrected chi connectivity index (χ1v) is 7.07. The van der Waals surface area contributed by atoms with Gasteiger partial charge in [0.2, 0.25) is 0 Å². The maximum Gasteiger partial charge on any atom is 0.309 e. The number of fused-ring (bicyclic) bond motifs is 9. The Bertz CT molecular complexity index is 520. The van der Waals surface area contributed by atoms with E-state index in [4.69, 9.17) is 4.74 Å². The molecule has 7 atom stereocenters. The second-order valence-corrected chi connectivity index (χ2v) is 6.12. The highest BCUT2D eigenvalue weighted by Crippen LogP contribution is 2.64. The van der Waals surface area contributed by atoms with Crippen molar-refractivity contribution >= 4 is 17.5 Å². The lowest BCUT2D eigenvalue weighted by atomic mass is 9.69. The fourth-order valence-electron chi connectivity index (χ4n) is 5.03. The van der Waals surface area contributed by atoms with Gasteiger partial charge in [-0.05, 0) is 25.2 Å². The van der Waals surface area contributed by atoms with Crippen molar-refractivity contribution in [1.29, 1.82) is 0 Å². The third-order valence-corrected chi connectivity index (χ3v) is 5.56. The van der Waals surface area contributed by atoms with Crippen molar-refractivity contribution in [1.82, 2.24) is 0 Å². The van der Waals surface area contributed by atoms with Gasteiger partial charge in [-0.25, -0.2) is 0 Å². The van der Waals surface area contributed by atoms with Crippen molar-refractivity contribution in [2.24, 2.45) is 41.4 Å². The van der Waals surface area contributed by atoms with E-state index in [1.165, 1.54) is 0 Å². The summed E-state index contributed by atoms with van der Waals surface area (Å²) in [6.45, 7) is 2.12. The Morgan fingerprint density at radius 3 is 2.58 bits per heavy atom. The summed E-state index contributed by atoms with van der Waals surface area (Å²) in [6.07, 6.45) is 4.51. The van der Waals surface area contributed by atoms with Crippen molar-refractivity contribution in [3.63, 3.8) is 0 Å². The van der Waals surface area contributed by atoms with Crippen LogP contribution >= 0.6 is 0 Å². The molecule has 0 N–H and O–H groups in total. The molecule has 0 heterocycles. The first-order valence-electron chi connectivity index (χ1n) is 7.07. The van der Waals surface area contributed by atoms with Crippen LogP contribution in [0.1, 0.15) is 13.3 Å². The predicted molar refractivity (Wildman–Crippen MR) is 64.8 cm³/mol. The topological polar surface area (TPSA) is 60.4 Å². The van der Waals surface area contributed by atoms with Crippen LogP contribution in [0.5, 0.6) is 0 Å².